The molecule has 5 aliphatic rings. The monoisotopic (exact) mass is 283 g/mol. The Kier molecular flexibility index (Phi) is 3.28. The van der Waals surface area contributed by atoms with Gasteiger partial charge in [0.05, 0.1) is 0 Å². The summed E-state index contributed by atoms with van der Waals surface area (Å²) in [5, 5.41) is 3.65. The topological polar surface area (TPSA) is 21.3 Å². The van der Waals surface area contributed by atoms with Crippen molar-refractivity contribution in [3.63, 3.8) is 0 Å². The fraction of sp³-hybridized carbons (Fsp3) is 1.00. The van der Waals surface area contributed by atoms with E-state index in [-0.39, 0.29) is 12.4 Å². The molecule has 2 nitrogen and oxygen atoms in total. The van der Waals surface area contributed by atoms with Crippen molar-refractivity contribution in [3.05, 3.63) is 0 Å². The van der Waals surface area contributed by atoms with Crippen LogP contribution in [-0.4, -0.2) is 25.5 Å². The predicted molar refractivity (Wildman–Crippen MR) is 81.8 cm³/mol. The Hall–Kier alpha value is 0.275. The molecule has 0 aromatic heterocycles. The van der Waals surface area contributed by atoms with E-state index in [1.165, 1.54) is 38.5 Å². The molecular formula is C15H27BClNO. The summed E-state index contributed by atoms with van der Waals surface area (Å²) in [5.74, 6) is 2.48. The molecule has 5 atom stereocenters. The average Bonchev–Trinajstić information content (AvgIpc) is 2.92. The lowest BCUT2D eigenvalue weighted by atomic mass is 9.37. The van der Waals surface area contributed by atoms with E-state index in [0.717, 1.165) is 11.8 Å². The molecule has 0 radical (unpaired) electrons. The second-order valence-electron chi connectivity index (χ2n) is 8.12. The molecule has 5 rings (SSSR count). The van der Waals surface area contributed by atoms with Crippen LogP contribution in [0.5, 0.6) is 0 Å². The fourth-order valence-electron chi connectivity index (χ4n) is 5.73. The Morgan fingerprint density at radius 1 is 1.21 bits per heavy atom. The second kappa shape index (κ2) is 4.38. The summed E-state index contributed by atoms with van der Waals surface area (Å²) in [7, 11) is 0. The van der Waals surface area contributed by atoms with Crippen LogP contribution in [0.3, 0.4) is 0 Å². The zero-order chi connectivity index (χ0) is 12.5. The second-order valence-corrected chi connectivity index (χ2v) is 8.12. The molecule has 0 spiro atoms. The van der Waals surface area contributed by atoms with Crippen LogP contribution in [0.25, 0.3) is 0 Å². The highest BCUT2D eigenvalue weighted by Gasteiger charge is 2.67. The van der Waals surface area contributed by atoms with E-state index < -0.39 is 0 Å². The highest BCUT2D eigenvalue weighted by Crippen LogP contribution is 2.69. The van der Waals surface area contributed by atoms with Crippen molar-refractivity contribution in [2.75, 3.05) is 6.54 Å². The summed E-state index contributed by atoms with van der Waals surface area (Å²) >= 11 is 0. The molecule has 0 amide bonds. The summed E-state index contributed by atoms with van der Waals surface area (Å²) in [6, 6.07) is 0. The van der Waals surface area contributed by atoms with E-state index in [4.69, 9.17) is 4.65 Å². The Morgan fingerprint density at radius 2 is 2.00 bits per heavy atom. The molecule has 0 aromatic carbocycles. The van der Waals surface area contributed by atoms with Crippen LogP contribution in [0.1, 0.15) is 46.5 Å². The normalized spacial score (nSPS) is 50.4. The minimum Gasteiger partial charge on any atom is -0.431 e. The number of halogens is 1. The molecule has 4 heteroatoms. The van der Waals surface area contributed by atoms with Crippen LogP contribution in [0.2, 0.25) is 6.32 Å². The molecule has 5 fully saturated rings. The van der Waals surface area contributed by atoms with Crippen molar-refractivity contribution in [2.24, 2.45) is 22.7 Å². The van der Waals surface area contributed by atoms with Crippen molar-refractivity contribution >= 4 is 19.3 Å². The molecule has 3 saturated carbocycles. The van der Waals surface area contributed by atoms with Gasteiger partial charge in [0.2, 0.25) is 0 Å². The summed E-state index contributed by atoms with van der Waals surface area (Å²) < 4.78 is 6.48. The molecule has 0 aromatic rings. The summed E-state index contributed by atoms with van der Waals surface area (Å²) in [5.41, 5.74) is 1.04. The maximum absolute atomic E-state index is 6.48. The Labute approximate surface area is 123 Å². The largest absolute Gasteiger partial charge is 0.431 e. The maximum atomic E-state index is 6.48. The number of hydrogen-bond donors (Lipinski definition) is 1. The lowest BCUT2D eigenvalue weighted by Crippen LogP contribution is -2.60. The van der Waals surface area contributed by atoms with Crippen molar-refractivity contribution in [3.8, 4) is 0 Å². The van der Waals surface area contributed by atoms with Crippen molar-refractivity contribution < 1.29 is 4.65 Å². The van der Waals surface area contributed by atoms with Gasteiger partial charge in [0.25, 0.3) is 0 Å². The number of rotatable bonds is 1. The molecule has 3 aliphatic carbocycles. The smallest absolute Gasteiger partial charge is 0.311 e. The third kappa shape index (κ3) is 1.77. The van der Waals surface area contributed by atoms with Gasteiger partial charge in [0.15, 0.2) is 0 Å². The third-order valence-electron chi connectivity index (χ3n) is 7.03. The van der Waals surface area contributed by atoms with E-state index >= 15 is 0 Å². The summed E-state index contributed by atoms with van der Waals surface area (Å²) in [6.07, 6.45) is 7.31. The quantitative estimate of drug-likeness (QED) is 0.747. The highest BCUT2D eigenvalue weighted by atomic mass is 35.5. The molecule has 5 unspecified atom stereocenters. The van der Waals surface area contributed by atoms with Gasteiger partial charge < -0.3 is 9.97 Å². The zero-order valence-corrected chi connectivity index (χ0v) is 13.3. The van der Waals surface area contributed by atoms with E-state index in [1.54, 1.807) is 0 Å². The molecule has 2 bridgehead atoms. The minimum atomic E-state index is 0. The highest BCUT2D eigenvalue weighted by molar-refractivity contribution is 6.55. The molecular weight excluding hydrogens is 256 g/mol. The van der Waals surface area contributed by atoms with Crippen molar-refractivity contribution in [1.82, 2.24) is 5.32 Å². The first-order valence-corrected chi connectivity index (χ1v) is 7.90. The lowest BCUT2D eigenvalue weighted by molar-refractivity contribution is -0.180. The molecule has 1 N–H and O–H groups in total. The van der Waals surface area contributed by atoms with Gasteiger partial charge >= 0.3 is 6.92 Å². The van der Waals surface area contributed by atoms with Gasteiger partial charge in [-0.25, -0.2) is 0 Å². The van der Waals surface area contributed by atoms with E-state index in [0.29, 0.717) is 29.8 Å². The van der Waals surface area contributed by atoms with Crippen LogP contribution in [-0.2, 0) is 4.65 Å². The standard InChI is InChI=1S/C15H26BNO.ClH/c1-14(2)10-7-11(14)15(3)9-16(18-12(15)8-10)13-5-4-6-17-13;/h10-13,17H,4-9H2,1-3H3;1H. The van der Waals surface area contributed by atoms with Crippen LogP contribution >= 0.6 is 12.4 Å². The van der Waals surface area contributed by atoms with Gasteiger partial charge in [-0.05, 0) is 61.2 Å². The minimum absolute atomic E-state index is 0. The fourth-order valence-corrected chi connectivity index (χ4v) is 5.73. The van der Waals surface area contributed by atoms with Gasteiger partial charge in [-0.3, -0.25) is 0 Å². The molecule has 2 saturated heterocycles. The lowest BCUT2D eigenvalue weighted by Gasteiger charge is -2.65. The summed E-state index contributed by atoms with van der Waals surface area (Å²) in [4.78, 5) is 0. The summed E-state index contributed by atoms with van der Waals surface area (Å²) in [6.45, 7) is 9.21. The predicted octanol–water partition coefficient (Wildman–Crippen LogP) is 3.16. The first kappa shape index (κ1) is 14.2. The van der Waals surface area contributed by atoms with Crippen LogP contribution in [0.4, 0.5) is 0 Å². The van der Waals surface area contributed by atoms with Gasteiger partial charge in [0, 0.05) is 12.0 Å². The molecule has 2 heterocycles. The van der Waals surface area contributed by atoms with Gasteiger partial charge in [-0.15, -0.1) is 12.4 Å². The van der Waals surface area contributed by atoms with Crippen LogP contribution in [0.15, 0.2) is 0 Å². The maximum Gasteiger partial charge on any atom is 0.311 e. The third-order valence-corrected chi connectivity index (χ3v) is 7.03. The molecule has 2 aliphatic heterocycles. The van der Waals surface area contributed by atoms with E-state index in [2.05, 4.69) is 26.1 Å². The Balaban J connectivity index is 0.00000110. The van der Waals surface area contributed by atoms with Crippen molar-refractivity contribution in [2.45, 2.75) is 64.8 Å². The van der Waals surface area contributed by atoms with Gasteiger partial charge in [-0.2, -0.15) is 0 Å². The first-order valence-electron chi connectivity index (χ1n) is 7.90. The Morgan fingerprint density at radius 3 is 2.63 bits per heavy atom. The van der Waals surface area contributed by atoms with Gasteiger partial charge in [0.1, 0.15) is 0 Å². The molecule has 108 valence electrons. The number of hydrogen-bond acceptors (Lipinski definition) is 2. The average molecular weight is 284 g/mol. The Bertz CT molecular complexity index is 371. The van der Waals surface area contributed by atoms with E-state index in [1.807, 2.05) is 0 Å². The first-order chi connectivity index (χ1) is 8.52. The number of nitrogens with one attached hydrogen (secondary N) is 1. The van der Waals surface area contributed by atoms with Gasteiger partial charge in [-0.1, -0.05) is 20.8 Å². The van der Waals surface area contributed by atoms with Crippen molar-refractivity contribution in [1.29, 1.82) is 0 Å². The van der Waals surface area contributed by atoms with Crippen LogP contribution < -0.4 is 5.32 Å². The van der Waals surface area contributed by atoms with E-state index in [9.17, 15) is 0 Å². The SMILES string of the molecule is CC1(C)C2CC3OB(C4CCCN4)CC3(C)C1C2.Cl. The van der Waals surface area contributed by atoms with Crippen LogP contribution in [0, 0.1) is 22.7 Å². The molecule has 19 heavy (non-hydrogen) atoms. The zero-order valence-electron chi connectivity index (χ0n) is 12.4.